The molecule has 98 valence electrons. The fourth-order valence-corrected chi connectivity index (χ4v) is 2.29. The molecule has 0 aromatic carbocycles. The SMILES string of the molecule is CCOC1(C(=O)NC(CC)C(=O)O)CCCC1. The summed E-state index contributed by atoms with van der Waals surface area (Å²) in [6, 6.07) is -0.819. The molecule has 1 saturated carbocycles. The van der Waals surface area contributed by atoms with E-state index in [0.717, 1.165) is 12.8 Å². The van der Waals surface area contributed by atoms with Gasteiger partial charge in [-0.25, -0.2) is 4.79 Å². The molecule has 17 heavy (non-hydrogen) atoms. The first-order valence-corrected chi connectivity index (χ1v) is 6.23. The first-order valence-electron chi connectivity index (χ1n) is 6.23. The van der Waals surface area contributed by atoms with Gasteiger partial charge < -0.3 is 15.2 Å². The third kappa shape index (κ3) is 3.19. The van der Waals surface area contributed by atoms with Crippen LogP contribution in [-0.4, -0.2) is 35.2 Å². The van der Waals surface area contributed by atoms with Crippen LogP contribution in [0.5, 0.6) is 0 Å². The molecule has 1 atom stereocenters. The maximum Gasteiger partial charge on any atom is 0.326 e. The van der Waals surface area contributed by atoms with Gasteiger partial charge >= 0.3 is 5.97 Å². The predicted molar refractivity (Wildman–Crippen MR) is 62.7 cm³/mol. The quantitative estimate of drug-likeness (QED) is 0.737. The Kier molecular flexibility index (Phi) is 4.93. The van der Waals surface area contributed by atoms with Gasteiger partial charge in [-0.05, 0) is 39.0 Å². The maximum atomic E-state index is 12.1. The molecule has 5 nitrogen and oxygen atoms in total. The van der Waals surface area contributed by atoms with Crippen molar-refractivity contribution in [3.63, 3.8) is 0 Å². The molecule has 0 bridgehead atoms. The Morgan fingerprint density at radius 1 is 1.35 bits per heavy atom. The average Bonchev–Trinajstić information content (AvgIpc) is 2.75. The van der Waals surface area contributed by atoms with Crippen LogP contribution in [0.15, 0.2) is 0 Å². The lowest BCUT2D eigenvalue weighted by molar-refractivity contribution is -0.151. The van der Waals surface area contributed by atoms with Gasteiger partial charge in [0.15, 0.2) is 0 Å². The van der Waals surface area contributed by atoms with E-state index >= 15 is 0 Å². The smallest absolute Gasteiger partial charge is 0.326 e. The molecule has 1 amide bonds. The fourth-order valence-electron chi connectivity index (χ4n) is 2.29. The molecule has 0 saturated heterocycles. The number of carbonyl (C=O) groups excluding carboxylic acids is 1. The molecular formula is C12H21NO4. The summed E-state index contributed by atoms with van der Waals surface area (Å²) in [5, 5.41) is 11.5. The summed E-state index contributed by atoms with van der Waals surface area (Å²) < 4.78 is 5.57. The van der Waals surface area contributed by atoms with Crippen molar-refractivity contribution in [2.45, 2.75) is 57.6 Å². The molecule has 1 fully saturated rings. The van der Waals surface area contributed by atoms with Crippen LogP contribution >= 0.6 is 0 Å². The predicted octanol–water partition coefficient (Wildman–Crippen LogP) is 1.32. The van der Waals surface area contributed by atoms with Crippen molar-refractivity contribution in [1.82, 2.24) is 5.32 Å². The Labute approximate surface area is 102 Å². The molecule has 0 aromatic rings. The van der Waals surface area contributed by atoms with Gasteiger partial charge in [0, 0.05) is 6.61 Å². The second-order valence-corrected chi connectivity index (χ2v) is 4.41. The highest BCUT2D eigenvalue weighted by Crippen LogP contribution is 2.33. The van der Waals surface area contributed by atoms with Gasteiger partial charge in [0.1, 0.15) is 11.6 Å². The summed E-state index contributed by atoms with van der Waals surface area (Å²) in [5.74, 6) is -1.27. The Bertz CT molecular complexity index is 284. The summed E-state index contributed by atoms with van der Waals surface area (Å²) in [7, 11) is 0. The molecule has 0 heterocycles. The maximum absolute atomic E-state index is 12.1. The van der Waals surface area contributed by atoms with E-state index in [4.69, 9.17) is 9.84 Å². The van der Waals surface area contributed by atoms with Gasteiger partial charge in [0.2, 0.25) is 0 Å². The van der Waals surface area contributed by atoms with Crippen LogP contribution in [0.25, 0.3) is 0 Å². The summed E-state index contributed by atoms with van der Waals surface area (Å²) in [6.45, 7) is 4.06. The Morgan fingerprint density at radius 3 is 2.35 bits per heavy atom. The van der Waals surface area contributed by atoms with Crippen molar-refractivity contribution < 1.29 is 19.4 Å². The number of aliphatic carboxylic acids is 1. The van der Waals surface area contributed by atoms with Crippen LogP contribution in [0.3, 0.4) is 0 Å². The Hall–Kier alpha value is -1.10. The van der Waals surface area contributed by atoms with Gasteiger partial charge in [-0.3, -0.25) is 4.79 Å². The highest BCUT2D eigenvalue weighted by atomic mass is 16.5. The van der Waals surface area contributed by atoms with E-state index in [1.807, 2.05) is 6.92 Å². The van der Waals surface area contributed by atoms with Crippen LogP contribution < -0.4 is 5.32 Å². The number of rotatable bonds is 6. The van der Waals surface area contributed by atoms with Gasteiger partial charge in [-0.15, -0.1) is 0 Å². The molecule has 1 rings (SSSR count). The zero-order valence-electron chi connectivity index (χ0n) is 10.5. The van der Waals surface area contributed by atoms with E-state index in [0.29, 0.717) is 25.9 Å². The first-order chi connectivity index (χ1) is 8.05. The van der Waals surface area contributed by atoms with Crippen LogP contribution in [0.2, 0.25) is 0 Å². The molecule has 1 aliphatic carbocycles. The molecule has 1 aliphatic rings. The van der Waals surface area contributed by atoms with Crippen LogP contribution in [-0.2, 0) is 14.3 Å². The van der Waals surface area contributed by atoms with E-state index < -0.39 is 17.6 Å². The Balaban J connectivity index is 2.68. The molecule has 2 N–H and O–H groups in total. The summed E-state index contributed by atoms with van der Waals surface area (Å²) in [6.07, 6.45) is 3.66. The number of hydrogen-bond acceptors (Lipinski definition) is 3. The topological polar surface area (TPSA) is 75.6 Å². The van der Waals surface area contributed by atoms with E-state index in [1.165, 1.54) is 0 Å². The minimum absolute atomic E-state index is 0.272. The third-order valence-corrected chi connectivity index (χ3v) is 3.26. The number of carboxylic acids is 1. The summed E-state index contributed by atoms with van der Waals surface area (Å²) >= 11 is 0. The lowest BCUT2D eigenvalue weighted by atomic mass is 10.00. The lowest BCUT2D eigenvalue weighted by Gasteiger charge is -2.28. The number of carbonyl (C=O) groups is 2. The second-order valence-electron chi connectivity index (χ2n) is 4.41. The highest BCUT2D eigenvalue weighted by Gasteiger charge is 2.43. The summed E-state index contributed by atoms with van der Waals surface area (Å²) in [5.41, 5.74) is -0.794. The molecular weight excluding hydrogens is 222 g/mol. The van der Waals surface area contributed by atoms with Gasteiger partial charge in [0.05, 0.1) is 0 Å². The normalized spacial score (nSPS) is 19.9. The number of ether oxygens (including phenoxy) is 1. The van der Waals surface area contributed by atoms with Crippen molar-refractivity contribution >= 4 is 11.9 Å². The first kappa shape index (κ1) is 14.0. The van der Waals surface area contributed by atoms with E-state index in [2.05, 4.69) is 5.32 Å². The molecule has 0 aliphatic heterocycles. The highest BCUT2D eigenvalue weighted by molar-refractivity contribution is 5.89. The molecule has 0 spiro atoms. The van der Waals surface area contributed by atoms with Crippen LogP contribution in [0, 0.1) is 0 Å². The van der Waals surface area contributed by atoms with Crippen LogP contribution in [0.4, 0.5) is 0 Å². The van der Waals surface area contributed by atoms with Crippen molar-refractivity contribution in [3.8, 4) is 0 Å². The summed E-state index contributed by atoms with van der Waals surface area (Å²) in [4.78, 5) is 23.0. The second kappa shape index (κ2) is 6.00. The van der Waals surface area contributed by atoms with Gasteiger partial charge in [-0.1, -0.05) is 6.92 Å². The largest absolute Gasteiger partial charge is 0.480 e. The molecule has 0 aromatic heterocycles. The minimum atomic E-state index is -0.995. The van der Waals surface area contributed by atoms with Gasteiger partial charge in [0.25, 0.3) is 5.91 Å². The lowest BCUT2D eigenvalue weighted by Crippen LogP contribution is -2.52. The monoisotopic (exact) mass is 243 g/mol. The third-order valence-electron chi connectivity index (χ3n) is 3.26. The average molecular weight is 243 g/mol. The zero-order chi connectivity index (χ0) is 12.9. The van der Waals surface area contributed by atoms with Crippen molar-refractivity contribution in [1.29, 1.82) is 0 Å². The number of carboxylic acid groups (broad SMARTS) is 1. The molecule has 5 heteroatoms. The van der Waals surface area contributed by atoms with Gasteiger partial charge in [-0.2, -0.15) is 0 Å². The Morgan fingerprint density at radius 2 is 1.94 bits per heavy atom. The van der Waals surface area contributed by atoms with E-state index in [-0.39, 0.29) is 5.91 Å². The van der Waals surface area contributed by atoms with Crippen LogP contribution in [0.1, 0.15) is 46.0 Å². The van der Waals surface area contributed by atoms with Crippen molar-refractivity contribution in [2.24, 2.45) is 0 Å². The number of amides is 1. The molecule has 1 unspecified atom stereocenters. The van der Waals surface area contributed by atoms with E-state index in [1.54, 1.807) is 6.92 Å². The van der Waals surface area contributed by atoms with E-state index in [9.17, 15) is 9.59 Å². The van der Waals surface area contributed by atoms with Crippen molar-refractivity contribution in [3.05, 3.63) is 0 Å². The van der Waals surface area contributed by atoms with Crippen molar-refractivity contribution in [2.75, 3.05) is 6.61 Å². The zero-order valence-corrected chi connectivity index (χ0v) is 10.5. The standard InChI is InChI=1S/C12H21NO4/c1-3-9(10(14)15)13-11(16)12(17-4-2)7-5-6-8-12/h9H,3-8H2,1-2H3,(H,13,16)(H,14,15). The number of nitrogens with one attached hydrogen (secondary N) is 1. The molecule has 0 radical (unpaired) electrons. The minimum Gasteiger partial charge on any atom is -0.480 e. The number of hydrogen-bond donors (Lipinski definition) is 2. The fraction of sp³-hybridized carbons (Fsp3) is 0.833.